The standard InChI is InChI=1S/C21H25N3O2/c1-3-17-9-11-18(12-10-17)26-14-6-13-24-20-8-5-4-7-19(20)23-21(24)15-22-16(2)25/h4-5,7-12H,3,6,13-15H2,1-2H3,(H,22,25). The minimum atomic E-state index is -0.0533. The molecule has 0 aliphatic rings. The predicted octanol–water partition coefficient (Wildman–Crippen LogP) is 3.70. The fourth-order valence-corrected chi connectivity index (χ4v) is 2.95. The normalized spacial score (nSPS) is 10.8. The Morgan fingerprint density at radius 2 is 1.92 bits per heavy atom. The van der Waals surface area contributed by atoms with Gasteiger partial charge in [-0.2, -0.15) is 0 Å². The highest BCUT2D eigenvalue weighted by Gasteiger charge is 2.10. The summed E-state index contributed by atoms with van der Waals surface area (Å²) < 4.78 is 8.01. The molecule has 0 unspecified atom stereocenters. The van der Waals surface area contributed by atoms with E-state index in [1.165, 1.54) is 12.5 Å². The Balaban J connectivity index is 1.63. The highest BCUT2D eigenvalue weighted by molar-refractivity contribution is 5.76. The molecule has 0 bridgehead atoms. The molecule has 0 aliphatic heterocycles. The second-order valence-corrected chi connectivity index (χ2v) is 6.28. The Labute approximate surface area is 154 Å². The Hall–Kier alpha value is -2.82. The van der Waals surface area contributed by atoms with Crippen LogP contribution in [0.15, 0.2) is 48.5 Å². The van der Waals surface area contributed by atoms with Crippen LogP contribution in [0.1, 0.15) is 31.7 Å². The van der Waals surface area contributed by atoms with Crippen LogP contribution in [0.4, 0.5) is 0 Å². The summed E-state index contributed by atoms with van der Waals surface area (Å²) in [6.45, 7) is 5.53. The second kappa shape index (κ2) is 8.52. The minimum absolute atomic E-state index is 0.0533. The zero-order valence-electron chi connectivity index (χ0n) is 15.4. The van der Waals surface area contributed by atoms with Crippen LogP contribution in [0.25, 0.3) is 11.0 Å². The molecule has 1 aromatic heterocycles. The van der Waals surface area contributed by atoms with Gasteiger partial charge in [0.1, 0.15) is 11.6 Å². The lowest BCUT2D eigenvalue weighted by Gasteiger charge is -2.11. The molecule has 2 aromatic carbocycles. The second-order valence-electron chi connectivity index (χ2n) is 6.28. The SMILES string of the molecule is CCc1ccc(OCCCn2c(CNC(C)=O)nc3ccccc32)cc1. The van der Waals surface area contributed by atoms with E-state index in [2.05, 4.69) is 40.0 Å². The van der Waals surface area contributed by atoms with Crippen LogP contribution >= 0.6 is 0 Å². The van der Waals surface area contributed by atoms with Crippen LogP contribution < -0.4 is 10.1 Å². The molecular formula is C21H25N3O2. The Morgan fingerprint density at radius 3 is 2.65 bits per heavy atom. The third-order valence-electron chi connectivity index (χ3n) is 4.36. The number of nitrogens with one attached hydrogen (secondary N) is 1. The number of carbonyl (C=O) groups excluding carboxylic acids is 1. The lowest BCUT2D eigenvalue weighted by atomic mass is 10.2. The van der Waals surface area contributed by atoms with Gasteiger partial charge in [-0.1, -0.05) is 31.2 Å². The first-order valence-corrected chi connectivity index (χ1v) is 9.07. The summed E-state index contributed by atoms with van der Waals surface area (Å²) in [7, 11) is 0. The molecule has 1 N–H and O–H groups in total. The van der Waals surface area contributed by atoms with Crippen molar-refractivity contribution >= 4 is 16.9 Å². The van der Waals surface area contributed by atoms with Gasteiger partial charge in [-0.25, -0.2) is 4.98 Å². The van der Waals surface area contributed by atoms with Crippen LogP contribution in [-0.2, 0) is 24.3 Å². The van der Waals surface area contributed by atoms with Crippen molar-refractivity contribution in [2.75, 3.05) is 6.61 Å². The van der Waals surface area contributed by atoms with E-state index < -0.39 is 0 Å². The number of amides is 1. The maximum Gasteiger partial charge on any atom is 0.217 e. The van der Waals surface area contributed by atoms with Gasteiger partial charge in [0.15, 0.2) is 0 Å². The maximum atomic E-state index is 11.2. The van der Waals surface area contributed by atoms with Crippen molar-refractivity contribution in [1.82, 2.24) is 14.9 Å². The van der Waals surface area contributed by atoms with Crippen molar-refractivity contribution in [2.45, 2.75) is 39.8 Å². The van der Waals surface area contributed by atoms with E-state index in [-0.39, 0.29) is 5.91 Å². The van der Waals surface area contributed by atoms with Gasteiger partial charge in [-0.15, -0.1) is 0 Å². The van der Waals surface area contributed by atoms with E-state index in [1.54, 1.807) is 0 Å². The van der Waals surface area contributed by atoms with Crippen LogP contribution in [0.2, 0.25) is 0 Å². The maximum absolute atomic E-state index is 11.2. The van der Waals surface area contributed by atoms with Crippen LogP contribution in [0.3, 0.4) is 0 Å². The number of rotatable bonds is 8. The summed E-state index contributed by atoms with van der Waals surface area (Å²) in [5.41, 5.74) is 3.34. The van der Waals surface area contributed by atoms with Gasteiger partial charge in [0.05, 0.1) is 24.2 Å². The molecule has 0 saturated heterocycles. The summed E-state index contributed by atoms with van der Waals surface area (Å²) in [4.78, 5) is 15.9. The Kier molecular flexibility index (Phi) is 5.89. The average Bonchev–Trinajstić information content (AvgIpc) is 3.01. The highest BCUT2D eigenvalue weighted by Crippen LogP contribution is 2.17. The predicted molar refractivity (Wildman–Crippen MR) is 103 cm³/mol. The molecule has 5 nitrogen and oxygen atoms in total. The van der Waals surface area contributed by atoms with Gasteiger partial charge in [0.2, 0.25) is 5.91 Å². The number of carbonyl (C=O) groups is 1. The number of hydrogen-bond donors (Lipinski definition) is 1. The van der Waals surface area contributed by atoms with E-state index in [9.17, 15) is 4.79 Å². The molecule has 0 radical (unpaired) electrons. The molecular weight excluding hydrogens is 326 g/mol. The molecule has 1 heterocycles. The molecule has 1 amide bonds. The summed E-state index contributed by atoms with van der Waals surface area (Å²) in [6.07, 6.45) is 1.90. The largest absolute Gasteiger partial charge is 0.494 e. The number of fused-ring (bicyclic) bond motifs is 1. The third kappa shape index (κ3) is 4.42. The van der Waals surface area contributed by atoms with Crippen molar-refractivity contribution in [1.29, 1.82) is 0 Å². The van der Waals surface area contributed by atoms with Crippen molar-refractivity contribution in [3.63, 3.8) is 0 Å². The summed E-state index contributed by atoms with van der Waals surface area (Å²) in [5, 5.41) is 2.84. The average molecular weight is 351 g/mol. The molecule has 136 valence electrons. The van der Waals surface area contributed by atoms with Gasteiger partial charge >= 0.3 is 0 Å². The quantitative estimate of drug-likeness (QED) is 0.630. The van der Waals surface area contributed by atoms with Crippen molar-refractivity contribution < 1.29 is 9.53 Å². The molecule has 3 rings (SSSR count). The highest BCUT2D eigenvalue weighted by atomic mass is 16.5. The fourth-order valence-electron chi connectivity index (χ4n) is 2.95. The van der Waals surface area contributed by atoms with Crippen molar-refractivity contribution in [3.8, 4) is 5.75 Å². The topological polar surface area (TPSA) is 56.1 Å². The van der Waals surface area contributed by atoms with E-state index in [4.69, 9.17) is 4.74 Å². The van der Waals surface area contributed by atoms with E-state index >= 15 is 0 Å². The first kappa shape index (κ1) is 18.0. The number of nitrogens with zero attached hydrogens (tertiary/aromatic N) is 2. The van der Waals surface area contributed by atoms with Crippen LogP contribution in [0.5, 0.6) is 5.75 Å². The fraction of sp³-hybridized carbons (Fsp3) is 0.333. The Morgan fingerprint density at radius 1 is 1.15 bits per heavy atom. The number of benzene rings is 2. The van der Waals surface area contributed by atoms with Crippen LogP contribution in [-0.4, -0.2) is 22.1 Å². The third-order valence-corrected chi connectivity index (χ3v) is 4.36. The minimum Gasteiger partial charge on any atom is -0.494 e. The van der Waals surface area contributed by atoms with E-state index in [1.807, 2.05) is 30.3 Å². The number of ether oxygens (including phenoxy) is 1. The summed E-state index contributed by atoms with van der Waals surface area (Å²) in [6, 6.07) is 16.3. The Bertz CT molecular complexity index is 869. The monoisotopic (exact) mass is 351 g/mol. The molecule has 0 aliphatic carbocycles. The van der Waals surface area contributed by atoms with E-state index in [0.29, 0.717) is 13.2 Å². The molecule has 0 fully saturated rings. The zero-order valence-corrected chi connectivity index (χ0v) is 15.4. The number of imidazole rings is 1. The lowest BCUT2D eigenvalue weighted by molar-refractivity contribution is -0.119. The number of aromatic nitrogens is 2. The number of aryl methyl sites for hydroxylation is 2. The molecule has 26 heavy (non-hydrogen) atoms. The summed E-state index contributed by atoms with van der Waals surface area (Å²) >= 11 is 0. The smallest absolute Gasteiger partial charge is 0.217 e. The van der Waals surface area contributed by atoms with Crippen molar-refractivity contribution in [2.24, 2.45) is 0 Å². The first-order valence-electron chi connectivity index (χ1n) is 9.07. The number of hydrogen-bond acceptors (Lipinski definition) is 3. The molecule has 0 spiro atoms. The van der Waals surface area contributed by atoms with Gasteiger partial charge in [0.25, 0.3) is 0 Å². The van der Waals surface area contributed by atoms with Gasteiger partial charge in [0, 0.05) is 13.5 Å². The van der Waals surface area contributed by atoms with Gasteiger partial charge < -0.3 is 14.6 Å². The molecule has 3 aromatic rings. The van der Waals surface area contributed by atoms with Gasteiger partial charge in [-0.3, -0.25) is 4.79 Å². The summed E-state index contributed by atoms with van der Waals surface area (Å²) in [5.74, 6) is 1.72. The molecule has 5 heteroatoms. The molecule has 0 saturated carbocycles. The lowest BCUT2D eigenvalue weighted by Crippen LogP contribution is -2.22. The van der Waals surface area contributed by atoms with Crippen LogP contribution in [0, 0.1) is 0 Å². The van der Waals surface area contributed by atoms with Gasteiger partial charge in [-0.05, 0) is 42.7 Å². The molecule has 0 atom stereocenters. The first-order chi connectivity index (χ1) is 12.7. The van der Waals surface area contributed by atoms with E-state index in [0.717, 1.165) is 42.0 Å². The zero-order chi connectivity index (χ0) is 18.4. The number of para-hydroxylation sites is 2. The van der Waals surface area contributed by atoms with Crippen molar-refractivity contribution in [3.05, 3.63) is 59.9 Å².